The van der Waals surface area contributed by atoms with E-state index in [9.17, 15) is 16.4 Å². The molecule has 1 fully saturated rings. The van der Waals surface area contributed by atoms with Crippen LogP contribution in [0.1, 0.15) is 12.8 Å². The van der Waals surface area contributed by atoms with Crippen molar-refractivity contribution in [1.29, 1.82) is 0 Å². The summed E-state index contributed by atoms with van der Waals surface area (Å²) in [7, 11) is -10.0. The maximum absolute atomic E-state index is 12.4. The summed E-state index contributed by atoms with van der Waals surface area (Å²) >= 11 is 0. The maximum Gasteiger partial charge on any atom is 0.476 e. The summed E-state index contributed by atoms with van der Waals surface area (Å²) in [5, 5.41) is 0. The van der Waals surface area contributed by atoms with Gasteiger partial charge in [0.25, 0.3) is 0 Å². The van der Waals surface area contributed by atoms with Gasteiger partial charge in [0.2, 0.25) is 0 Å². The average molecular weight is 188 g/mol. The minimum atomic E-state index is -5.01. The average Bonchev–Trinajstić information content (AvgIpc) is 1.77. The Morgan fingerprint density at radius 1 is 0.700 bits per heavy atom. The van der Waals surface area contributed by atoms with Crippen molar-refractivity contribution in [2.75, 3.05) is 0 Å². The minimum Gasteiger partial charge on any atom is -0.268 e. The molecule has 1 heterocycles. The lowest BCUT2D eigenvalue weighted by Gasteiger charge is -2.24. The highest BCUT2D eigenvalue weighted by Crippen LogP contribution is 2.38. The molecular weight excluding hydrogens is 180 g/mol. The second-order valence-corrected chi connectivity index (χ2v) is 10.8. The van der Waals surface area contributed by atoms with Gasteiger partial charge in [-0.15, -0.1) is 0 Å². The standard InChI is InChI=1S/C4H8F4Si2/c5-9(6)3-1-2-4-10(9,7)8/h1-4H2. The highest BCUT2D eigenvalue weighted by atomic mass is 29.3. The molecule has 0 unspecified atom stereocenters. The van der Waals surface area contributed by atoms with E-state index in [1.165, 1.54) is 0 Å². The zero-order valence-electron chi connectivity index (χ0n) is 5.34. The van der Waals surface area contributed by atoms with Crippen molar-refractivity contribution in [3.63, 3.8) is 0 Å². The zero-order chi connectivity index (χ0) is 7.83. The van der Waals surface area contributed by atoms with Crippen molar-refractivity contribution in [1.82, 2.24) is 0 Å². The molecule has 0 nitrogen and oxygen atoms in total. The molecule has 0 spiro atoms. The van der Waals surface area contributed by atoms with Crippen LogP contribution < -0.4 is 0 Å². The fourth-order valence-electron chi connectivity index (χ4n) is 1.06. The van der Waals surface area contributed by atoms with E-state index in [2.05, 4.69) is 0 Å². The van der Waals surface area contributed by atoms with E-state index in [1.54, 1.807) is 0 Å². The summed E-state index contributed by atoms with van der Waals surface area (Å²) in [5.41, 5.74) is 0. The van der Waals surface area contributed by atoms with Crippen molar-refractivity contribution in [2.45, 2.75) is 24.9 Å². The first kappa shape index (κ1) is 8.25. The second kappa shape index (κ2) is 2.33. The maximum atomic E-state index is 12.4. The van der Waals surface area contributed by atoms with Crippen LogP contribution in [0, 0.1) is 0 Å². The Hall–Kier alpha value is 0.154. The van der Waals surface area contributed by atoms with E-state index in [1.807, 2.05) is 0 Å². The van der Waals surface area contributed by atoms with Gasteiger partial charge in [-0.05, 0) is 0 Å². The van der Waals surface area contributed by atoms with Crippen LogP contribution in [0.3, 0.4) is 0 Å². The molecule has 0 aliphatic carbocycles. The molecule has 1 rings (SSSR count). The molecule has 0 aromatic rings. The molecule has 6 heteroatoms. The summed E-state index contributed by atoms with van der Waals surface area (Å²) in [6.07, 6.45) is 0.615. The molecule has 0 bridgehead atoms. The number of hydrogen-bond donors (Lipinski definition) is 0. The predicted molar refractivity (Wildman–Crippen MR) is 34.8 cm³/mol. The highest BCUT2D eigenvalue weighted by Gasteiger charge is 2.65. The van der Waals surface area contributed by atoms with E-state index in [-0.39, 0.29) is 0 Å². The Kier molecular flexibility index (Phi) is 1.92. The third-order valence-electron chi connectivity index (χ3n) is 1.77. The van der Waals surface area contributed by atoms with Crippen molar-refractivity contribution in [3.05, 3.63) is 0 Å². The van der Waals surface area contributed by atoms with E-state index < -0.39 is 28.6 Å². The fourth-order valence-corrected chi connectivity index (χ4v) is 6.43. The predicted octanol–water partition coefficient (Wildman–Crippen LogP) is 2.62. The topological polar surface area (TPSA) is 0 Å². The van der Waals surface area contributed by atoms with E-state index in [4.69, 9.17) is 0 Å². The number of rotatable bonds is 0. The highest BCUT2D eigenvalue weighted by molar-refractivity contribution is 7.31. The molecule has 1 saturated heterocycles. The molecule has 0 atom stereocenters. The van der Waals surface area contributed by atoms with E-state index in [0.29, 0.717) is 12.8 Å². The largest absolute Gasteiger partial charge is 0.476 e. The molecule has 1 aliphatic rings. The number of halogens is 4. The van der Waals surface area contributed by atoms with Gasteiger partial charge >= 0.3 is 16.5 Å². The Labute approximate surface area is 58.7 Å². The van der Waals surface area contributed by atoms with Crippen LogP contribution in [-0.4, -0.2) is 16.5 Å². The van der Waals surface area contributed by atoms with Gasteiger partial charge in [-0.3, -0.25) is 16.4 Å². The Morgan fingerprint density at radius 3 is 1.20 bits per heavy atom. The molecule has 0 amide bonds. The Morgan fingerprint density at radius 2 is 1.00 bits per heavy atom. The molecule has 0 radical (unpaired) electrons. The van der Waals surface area contributed by atoms with Gasteiger partial charge in [0, 0.05) is 12.1 Å². The lowest BCUT2D eigenvalue weighted by molar-refractivity contribution is 0.516. The summed E-state index contributed by atoms with van der Waals surface area (Å²) in [6.45, 7) is 0. The van der Waals surface area contributed by atoms with Gasteiger partial charge in [-0.1, -0.05) is 12.8 Å². The van der Waals surface area contributed by atoms with Crippen molar-refractivity contribution < 1.29 is 16.4 Å². The quantitative estimate of drug-likeness (QED) is 0.311. The molecule has 1 aliphatic heterocycles. The fraction of sp³-hybridized carbons (Fsp3) is 1.00. The van der Waals surface area contributed by atoms with Gasteiger partial charge in [0.15, 0.2) is 0 Å². The van der Waals surface area contributed by atoms with E-state index in [0.717, 1.165) is 0 Å². The van der Waals surface area contributed by atoms with Gasteiger partial charge < -0.3 is 0 Å². The van der Waals surface area contributed by atoms with E-state index >= 15 is 0 Å². The van der Waals surface area contributed by atoms with Crippen LogP contribution in [0.25, 0.3) is 0 Å². The van der Waals surface area contributed by atoms with Crippen LogP contribution in [0.5, 0.6) is 0 Å². The smallest absolute Gasteiger partial charge is 0.268 e. The molecular formula is C4H8F4Si2. The monoisotopic (exact) mass is 188 g/mol. The summed E-state index contributed by atoms with van der Waals surface area (Å²) in [4.78, 5) is 0. The first-order valence-electron chi connectivity index (χ1n) is 3.21. The van der Waals surface area contributed by atoms with Crippen LogP contribution in [0.4, 0.5) is 16.4 Å². The van der Waals surface area contributed by atoms with Crippen molar-refractivity contribution in [3.8, 4) is 0 Å². The second-order valence-electron chi connectivity index (χ2n) is 2.62. The van der Waals surface area contributed by atoms with Crippen LogP contribution in [0.15, 0.2) is 0 Å². The van der Waals surface area contributed by atoms with Crippen LogP contribution in [0.2, 0.25) is 12.1 Å². The van der Waals surface area contributed by atoms with Crippen molar-refractivity contribution in [2.24, 2.45) is 0 Å². The normalized spacial score (nSPS) is 30.0. The first-order chi connectivity index (χ1) is 4.46. The molecule has 0 saturated carbocycles. The third-order valence-corrected chi connectivity index (χ3v) is 9.51. The van der Waals surface area contributed by atoms with Gasteiger partial charge in [0.05, 0.1) is 0 Å². The SMILES string of the molecule is F[Si]1(F)CCCC[Si]1(F)F. The lowest BCUT2D eigenvalue weighted by atomic mass is 10.4. The molecule has 10 heavy (non-hydrogen) atoms. The van der Waals surface area contributed by atoms with Crippen LogP contribution >= 0.6 is 0 Å². The number of hydrogen-bond acceptors (Lipinski definition) is 0. The lowest BCUT2D eigenvalue weighted by Crippen LogP contribution is -2.52. The van der Waals surface area contributed by atoms with Gasteiger partial charge in [-0.2, -0.15) is 0 Å². The molecule has 0 aromatic carbocycles. The minimum absolute atomic E-state index is 0.307. The first-order valence-corrected chi connectivity index (χ1v) is 8.14. The van der Waals surface area contributed by atoms with Crippen LogP contribution in [-0.2, 0) is 0 Å². The van der Waals surface area contributed by atoms with Crippen molar-refractivity contribution >= 4 is 16.5 Å². The zero-order valence-corrected chi connectivity index (χ0v) is 7.34. The Bertz CT molecular complexity index is 119. The molecule has 0 aromatic heterocycles. The van der Waals surface area contributed by atoms with Gasteiger partial charge in [-0.25, -0.2) is 0 Å². The van der Waals surface area contributed by atoms with Gasteiger partial charge in [0.1, 0.15) is 0 Å². The third kappa shape index (κ3) is 1.27. The summed E-state index contributed by atoms with van der Waals surface area (Å²) in [5.74, 6) is 0. The Balaban J connectivity index is 2.70. The molecule has 0 N–H and O–H groups in total. The molecule has 60 valence electrons. The summed E-state index contributed by atoms with van der Waals surface area (Å²) < 4.78 is 49.7. The summed E-state index contributed by atoms with van der Waals surface area (Å²) in [6, 6.07) is -0.932.